The van der Waals surface area contributed by atoms with Crippen LogP contribution in [0.25, 0.3) is 0 Å². The maximum absolute atomic E-state index is 14.8. The van der Waals surface area contributed by atoms with Crippen molar-refractivity contribution in [3.63, 3.8) is 0 Å². The van der Waals surface area contributed by atoms with E-state index in [0.29, 0.717) is 0 Å². The molecule has 1 aromatic rings. The van der Waals surface area contributed by atoms with E-state index < -0.39 is 54.4 Å². The van der Waals surface area contributed by atoms with E-state index in [4.69, 9.17) is 22.1 Å². The van der Waals surface area contributed by atoms with E-state index in [2.05, 4.69) is 14.0 Å². The third kappa shape index (κ3) is 3.55. The summed E-state index contributed by atoms with van der Waals surface area (Å²) in [6, 6.07) is 1.22. The highest BCUT2D eigenvalue weighted by Crippen LogP contribution is 2.59. The minimum atomic E-state index is -4.35. The first kappa shape index (κ1) is 21.9. The Morgan fingerprint density at radius 1 is 1.56 bits per heavy atom. The number of ether oxygens (including phenoxy) is 1. The Hall–Kier alpha value is -1.36. The van der Waals surface area contributed by atoms with Gasteiger partial charge in [0.2, 0.25) is 5.57 Å². The molecular weight excluding hydrogens is 411 g/mol. The monoisotopic (exact) mass is 429 g/mol. The highest BCUT2D eigenvalue weighted by molar-refractivity contribution is 7.58. The molecule has 0 radical (unpaired) electrons. The predicted molar refractivity (Wildman–Crippen MR) is 92.8 cm³/mol. The third-order valence-corrected chi connectivity index (χ3v) is 6.55. The van der Waals surface area contributed by atoms with E-state index in [9.17, 15) is 23.2 Å². The first-order valence-electron chi connectivity index (χ1n) is 7.57. The van der Waals surface area contributed by atoms with Crippen LogP contribution in [0.2, 0.25) is 0 Å². The molecule has 0 bridgehead atoms. The largest absolute Gasteiger partial charge is 0.389 e. The van der Waals surface area contributed by atoms with E-state index in [1.165, 1.54) is 6.07 Å². The van der Waals surface area contributed by atoms with Gasteiger partial charge in [-0.1, -0.05) is 0 Å². The Bertz CT molecular complexity index is 844. The molecule has 2 rings (SSSR count). The van der Waals surface area contributed by atoms with Crippen LogP contribution in [-0.4, -0.2) is 52.6 Å². The number of halogens is 3. The van der Waals surface area contributed by atoms with Gasteiger partial charge in [0.1, 0.15) is 17.5 Å². The maximum atomic E-state index is 14.8. The summed E-state index contributed by atoms with van der Waals surface area (Å²) in [7, 11) is -2.44. The van der Waals surface area contributed by atoms with Crippen molar-refractivity contribution in [2.45, 2.75) is 31.0 Å². The van der Waals surface area contributed by atoms with Gasteiger partial charge in [-0.2, -0.15) is 9.37 Å². The molecule has 152 valence electrons. The van der Waals surface area contributed by atoms with Gasteiger partial charge in [-0.05, 0) is 13.0 Å². The van der Waals surface area contributed by atoms with E-state index >= 15 is 0 Å². The van der Waals surface area contributed by atoms with Crippen molar-refractivity contribution < 1.29 is 32.2 Å². The fraction of sp³-hybridized carbons (Fsp3) is 0.571. The van der Waals surface area contributed by atoms with Gasteiger partial charge in [0.25, 0.3) is 0 Å². The van der Waals surface area contributed by atoms with Crippen LogP contribution in [0.1, 0.15) is 13.2 Å². The summed E-state index contributed by atoms with van der Waals surface area (Å²) in [6.45, 7) is 1.10. The second-order valence-electron chi connectivity index (χ2n) is 5.74. The van der Waals surface area contributed by atoms with Crippen LogP contribution in [0.3, 0.4) is 0 Å². The Kier molecular flexibility index (Phi) is 6.45. The van der Waals surface area contributed by atoms with E-state index in [-0.39, 0.29) is 5.82 Å². The molecule has 1 aromatic heterocycles. The smallest absolute Gasteiger partial charge is 0.386 e. The lowest BCUT2D eigenvalue weighted by atomic mass is 9.91. The molecule has 2 heterocycles. The molecule has 1 aliphatic heterocycles. The summed E-state index contributed by atoms with van der Waals surface area (Å²) in [5.41, 5.74) is 0.437. The van der Waals surface area contributed by atoms with E-state index in [1.54, 1.807) is 0 Å². The number of hydrogen-bond acceptors (Lipinski definition) is 8. The summed E-state index contributed by atoms with van der Waals surface area (Å²) < 4.78 is 57.3. The maximum Gasteiger partial charge on any atom is 0.389 e. The zero-order valence-electron chi connectivity index (χ0n) is 14.6. The summed E-state index contributed by atoms with van der Waals surface area (Å²) in [6.07, 6.45) is -4.73. The minimum absolute atomic E-state index is 0.0999. The fourth-order valence-electron chi connectivity index (χ4n) is 2.73. The number of nitrogens with zero attached hydrogens (tertiary/aromatic N) is 2. The molecule has 4 atom stereocenters. The summed E-state index contributed by atoms with van der Waals surface area (Å²) >= 11 is 5.87. The lowest BCUT2D eigenvalue weighted by Gasteiger charge is -2.31. The van der Waals surface area contributed by atoms with E-state index in [0.717, 1.165) is 31.9 Å². The summed E-state index contributed by atoms with van der Waals surface area (Å²) in [5, 5.41) is 10.4. The van der Waals surface area contributed by atoms with Crippen molar-refractivity contribution in [3.05, 3.63) is 33.9 Å². The number of aliphatic hydroxyl groups is 1. The van der Waals surface area contributed by atoms with Crippen LogP contribution in [-0.2, 0) is 18.3 Å². The summed E-state index contributed by atoms with van der Waals surface area (Å²) in [5.74, 6) is -0.716. The van der Waals surface area contributed by atoms with Crippen molar-refractivity contribution in [1.29, 1.82) is 0 Å². The molecular formula is C14H19ClF2N3O6P. The van der Waals surface area contributed by atoms with Crippen molar-refractivity contribution in [2.24, 2.45) is 0 Å². The van der Waals surface area contributed by atoms with Gasteiger partial charge in [-0.15, -0.1) is 11.6 Å². The molecule has 0 amide bonds. The molecule has 9 nitrogen and oxygen atoms in total. The standard InChI is InChI=1S/C14H19ClF2N3O6P/c1-7(11(17)27(23,24-2)25-3)14(6-15)10(21)9(16)12(26-14)20-5-4-8(18)19-13(20)22/h4-5,9-10,12,21H,6H2,1-3H3,(H2,18,19,22)/b11-7-/t9-,10+,12-,14-/m1/s1. The van der Waals surface area contributed by atoms with Gasteiger partial charge in [-0.25, -0.2) is 9.18 Å². The molecule has 1 aliphatic rings. The lowest BCUT2D eigenvalue weighted by Crippen LogP contribution is -2.45. The normalized spacial score (nSPS) is 29.7. The van der Waals surface area contributed by atoms with Gasteiger partial charge in [0.05, 0.1) is 5.88 Å². The van der Waals surface area contributed by atoms with Gasteiger partial charge >= 0.3 is 13.3 Å². The Balaban J connectivity index is 2.57. The molecule has 0 aliphatic carbocycles. The number of alkyl halides is 2. The Morgan fingerprint density at radius 2 is 2.15 bits per heavy atom. The molecule has 1 fully saturated rings. The number of aromatic nitrogens is 2. The highest BCUT2D eigenvalue weighted by Gasteiger charge is 2.58. The van der Waals surface area contributed by atoms with Crippen LogP contribution in [0, 0.1) is 0 Å². The molecule has 0 unspecified atom stereocenters. The average molecular weight is 430 g/mol. The van der Waals surface area contributed by atoms with Crippen molar-refractivity contribution in [2.75, 3.05) is 25.8 Å². The van der Waals surface area contributed by atoms with Crippen LogP contribution in [0.15, 0.2) is 28.2 Å². The zero-order valence-corrected chi connectivity index (χ0v) is 16.3. The molecule has 3 N–H and O–H groups in total. The van der Waals surface area contributed by atoms with Crippen LogP contribution in [0.4, 0.5) is 14.6 Å². The van der Waals surface area contributed by atoms with Crippen molar-refractivity contribution >= 4 is 25.0 Å². The quantitative estimate of drug-likeness (QED) is 0.517. The van der Waals surface area contributed by atoms with Crippen LogP contribution >= 0.6 is 19.2 Å². The fourth-order valence-corrected chi connectivity index (χ4v) is 4.22. The second-order valence-corrected chi connectivity index (χ2v) is 8.13. The Morgan fingerprint density at radius 3 is 2.63 bits per heavy atom. The second kappa shape index (κ2) is 7.94. The number of nitrogen functional groups attached to an aromatic ring is 1. The van der Waals surface area contributed by atoms with Gasteiger partial charge in [0, 0.05) is 26.0 Å². The molecule has 0 aromatic carbocycles. The van der Waals surface area contributed by atoms with E-state index in [1.807, 2.05) is 0 Å². The minimum Gasteiger partial charge on any atom is -0.386 e. The number of anilines is 1. The number of aliphatic hydroxyl groups excluding tert-OH is 1. The molecule has 27 heavy (non-hydrogen) atoms. The topological polar surface area (TPSA) is 126 Å². The zero-order chi connectivity index (χ0) is 20.6. The van der Waals surface area contributed by atoms with Crippen molar-refractivity contribution in [1.82, 2.24) is 9.55 Å². The molecule has 0 saturated carbocycles. The van der Waals surface area contributed by atoms with Crippen molar-refractivity contribution in [3.8, 4) is 0 Å². The highest BCUT2D eigenvalue weighted by atomic mass is 35.5. The number of nitrogens with two attached hydrogens (primary N) is 1. The van der Waals surface area contributed by atoms with Crippen LogP contribution < -0.4 is 11.4 Å². The molecule has 13 heteroatoms. The predicted octanol–water partition coefficient (Wildman–Crippen LogP) is 1.72. The molecule has 1 saturated heterocycles. The number of rotatable bonds is 6. The van der Waals surface area contributed by atoms with Gasteiger partial charge < -0.3 is 24.6 Å². The van der Waals surface area contributed by atoms with Gasteiger partial charge in [0.15, 0.2) is 12.4 Å². The SMILES string of the molecule is COP(=O)(OC)/C(F)=C(/C)[C@@]1(CCl)O[C@@H](n2ccc(N)nc2=O)[C@H](F)[C@@H]1O. The summed E-state index contributed by atoms with van der Waals surface area (Å²) in [4.78, 5) is 15.4. The first-order chi connectivity index (χ1) is 12.6. The van der Waals surface area contributed by atoms with Crippen LogP contribution in [0.5, 0.6) is 0 Å². The third-order valence-electron chi connectivity index (χ3n) is 4.37. The van der Waals surface area contributed by atoms with Gasteiger partial charge in [-0.3, -0.25) is 9.13 Å². The average Bonchev–Trinajstić information content (AvgIpc) is 2.92. The molecule has 0 spiro atoms. The lowest BCUT2D eigenvalue weighted by molar-refractivity contribution is -0.0685. The first-order valence-corrected chi connectivity index (χ1v) is 9.65. The Labute approximate surface area is 158 Å². The number of hydrogen-bond donors (Lipinski definition) is 2.